The van der Waals surface area contributed by atoms with Crippen LogP contribution in [-0.4, -0.2) is 9.81 Å². The molecule has 0 fully saturated rings. The van der Waals surface area contributed by atoms with Crippen LogP contribution < -0.4 is 0 Å². The standard InChI is InChI=1S/H2N2O4S/c3-1-2-7(5)6-4/h4H,(H,2,3,5). The van der Waals surface area contributed by atoms with Crippen LogP contribution in [0, 0.1) is 4.91 Å². The van der Waals surface area contributed by atoms with Crippen LogP contribution in [-0.2, 0) is 15.6 Å². The molecule has 0 heterocycles. The lowest BCUT2D eigenvalue weighted by atomic mass is 12.9. The summed E-state index contributed by atoms with van der Waals surface area (Å²) in [6.45, 7) is 0. The molecule has 0 rings (SSSR count). The second kappa shape index (κ2) is 3.81. The molecule has 0 aromatic carbocycles. The lowest BCUT2D eigenvalue weighted by Gasteiger charge is -1.81. The van der Waals surface area contributed by atoms with E-state index in [4.69, 9.17) is 14.7 Å². The number of hydrogen-bond acceptors (Lipinski definition) is 3. The van der Waals surface area contributed by atoms with Crippen molar-refractivity contribution in [3.63, 3.8) is 0 Å². The SMILES string of the molecule is O=N/N=S(\O)OO. The van der Waals surface area contributed by atoms with Gasteiger partial charge in [0.2, 0.25) is 11.3 Å². The van der Waals surface area contributed by atoms with E-state index in [0.717, 1.165) is 0 Å². The van der Waals surface area contributed by atoms with Crippen molar-refractivity contribution in [1.82, 2.24) is 0 Å². The zero-order chi connectivity index (χ0) is 5.70. The van der Waals surface area contributed by atoms with Crippen LogP contribution in [0.25, 0.3) is 0 Å². The van der Waals surface area contributed by atoms with Crippen molar-refractivity contribution in [3.05, 3.63) is 4.91 Å². The molecule has 7 heteroatoms. The Morgan fingerprint density at radius 2 is 2.29 bits per heavy atom. The summed E-state index contributed by atoms with van der Waals surface area (Å²) in [6, 6.07) is 0. The molecule has 0 bridgehead atoms. The predicted octanol–water partition coefficient (Wildman–Crippen LogP) is 0.347. The Morgan fingerprint density at radius 3 is 2.43 bits per heavy atom. The van der Waals surface area contributed by atoms with Crippen LogP contribution in [0.5, 0.6) is 0 Å². The molecule has 0 amide bonds. The van der Waals surface area contributed by atoms with E-state index >= 15 is 0 Å². The van der Waals surface area contributed by atoms with Crippen molar-refractivity contribution >= 4 is 11.3 Å². The first-order chi connectivity index (χ1) is 3.31. The molecule has 7 heavy (non-hydrogen) atoms. The van der Waals surface area contributed by atoms with Crippen molar-refractivity contribution in [2.75, 3.05) is 0 Å². The highest BCUT2D eigenvalue weighted by atomic mass is 32.2. The van der Waals surface area contributed by atoms with E-state index < -0.39 is 11.3 Å². The maximum Gasteiger partial charge on any atom is 0.232 e. The van der Waals surface area contributed by atoms with E-state index in [-0.39, 0.29) is 0 Å². The highest BCUT2D eigenvalue weighted by molar-refractivity contribution is 7.76. The van der Waals surface area contributed by atoms with E-state index in [1.165, 1.54) is 0 Å². The first-order valence-corrected chi connectivity index (χ1v) is 2.16. The van der Waals surface area contributed by atoms with E-state index in [2.05, 4.69) is 8.81 Å². The third kappa shape index (κ3) is 3.46. The van der Waals surface area contributed by atoms with Crippen molar-refractivity contribution in [2.45, 2.75) is 0 Å². The third-order valence-electron chi connectivity index (χ3n) is 0.170. The molecule has 1 unspecified atom stereocenters. The lowest BCUT2D eigenvalue weighted by molar-refractivity contribution is -0.127. The average Bonchev–Trinajstić information content (AvgIpc) is 1.68. The first-order valence-electron chi connectivity index (χ1n) is 1.10. The van der Waals surface area contributed by atoms with Crippen molar-refractivity contribution in [1.29, 1.82) is 0 Å². The minimum absolute atomic E-state index is 1.86. The molecule has 42 valence electrons. The molecule has 0 aromatic heterocycles. The molecule has 0 aliphatic carbocycles. The smallest absolute Gasteiger partial charge is 0.232 e. The van der Waals surface area contributed by atoms with E-state index in [9.17, 15) is 0 Å². The minimum atomic E-state index is -2.08. The molecule has 2 N–H and O–H groups in total. The minimum Gasteiger partial charge on any atom is -0.297 e. The fourth-order valence-corrected chi connectivity index (χ4v) is 0.130. The van der Waals surface area contributed by atoms with Gasteiger partial charge in [-0.05, 0) is 4.47 Å². The topological polar surface area (TPSA) is 91.5 Å². The van der Waals surface area contributed by atoms with Crippen LogP contribution in [0.15, 0.2) is 9.76 Å². The zero-order valence-corrected chi connectivity index (χ0v) is 3.83. The molecule has 0 radical (unpaired) electrons. The number of rotatable bonds is 2. The quantitative estimate of drug-likeness (QED) is 0.317. The zero-order valence-electron chi connectivity index (χ0n) is 3.01. The van der Waals surface area contributed by atoms with Gasteiger partial charge in [0, 0.05) is 0 Å². The van der Waals surface area contributed by atoms with Gasteiger partial charge in [-0.3, -0.25) is 4.55 Å². The summed E-state index contributed by atoms with van der Waals surface area (Å²) < 4.78 is 13.5. The first kappa shape index (κ1) is 6.63. The van der Waals surface area contributed by atoms with Gasteiger partial charge in [0.05, 0.1) is 5.29 Å². The second-order valence-corrected chi connectivity index (χ2v) is 1.24. The Hall–Kier alpha value is -0.370. The Kier molecular flexibility index (Phi) is 3.61. The Balaban J connectivity index is 3.49. The van der Waals surface area contributed by atoms with E-state index in [0.29, 0.717) is 0 Å². The average molecular weight is 126 g/mol. The van der Waals surface area contributed by atoms with Gasteiger partial charge >= 0.3 is 0 Å². The summed E-state index contributed by atoms with van der Waals surface area (Å²) in [5, 5.41) is 9.29. The molecule has 0 aliphatic rings. The highest BCUT2D eigenvalue weighted by Crippen LogP contribution is 1.79. The van der Waals surface area contributed by atoms with Crippen LogP contribution in [0.4, 0.5) is 0 Å². The Morgan fingerprint density at radius 1 is 1.71 bits per heavy atom. The fourth-order valence-electron chi connectivity index (χ4n) is 0.0434. The molecule has 6 nitrogen and oxygen atoms in total. The monoisotopic (exact) mass is 126 g/mol. The molecule has 0 aliphatic heterocycles. The van der Waals surface area contributed by atoms with Crippen molar-refractivity contribution < 1.29 is 14.1 Å². The molecule has 0 saturated heterocycles. The van der Waals surface area contributed by atoms with Crippen molar-refractivity contribution in [2.24, 2.45) is 9.76 Å². The summed E-state index contributed by atoms with van der Waals surface area (Å²) in [5.41, 5.74) is 0. The number of nitroso groups, excluding NO2 is 1. The summed E-state index contributed by atoms with van der Waals surface area (Å²) >= 11 is -2.08. The van der Waals surface area contributed by atoms with Gasteiger partial charge in [-0.15, -0.1) is 9.24 Å². The van der Waals surface area contributed by atoms with Crippen LogP contribution in [0.1, 0.15) is 0 Å². The fraction of sp³-hybridized carbons (Fsp3) is 0. The van der Waals surface area contributed by atoms with Gasteiger partial charge in [-0.25, -0.2) is 5.26 Å². The van der Waals surface area contributed by atoms with Crippen LogP contribution in [0.3, 0.4) is 0 Å². The summed E-state index contributed by atoms with van der Waals surface area (Å²) in [5.74, 6) is 0. The summed E-state index contributed by atoms with van der Waals surface area (Å²) in [6.07, 6.45) is 0. The van der Waals surface area contributed by atoms with Gasteiger partial charge in [-0.1, -0.05) is 0 Å². The third-order valence-corrected chi connectivity index (χ3v) is 0.510. The highest BCUT2D eigenvalue weighted by Gasteiger charge is 1.82. The number of nitrogens with zero attached hydrogens (tertiary/aromatic N) is 2. The Bertz CT molecular complexity index is 87.7. The predicted molar refractivity (Wildman–Crippen MR) is 21.9 cm³/mol. The Labute approximate surface area is 41.1 Å². The van der Waals surface area contributed by atoms with Crippen LogP contribution in [0.2, 0.25) is 0 Å². The van der Waals surface area contributed by atoms with Gasteiger partial charge < -0.3 is 0 Å². The summed E-state index contributed by atoms with van der Waals surface area (Å²) in [7, 11) is 0. The van der Waals surface area contributed by atoms with E-state index in [1.807, 2.05) is 5.29 Å². The van der Waals surface area contributed by atoms with Gasteiger partial charge in [0.15, 0.2) is 0 Å². The molecule has 0 saturated carbocycles. The number of hydrogen-bond donors (Lipinski definition) is 2. The van der Waals surface area contributed by atoms with Gasteiger partial charge in [-0.2, -0.15) is 0 Å². The largest absolute Gasteiger partial charge is 0.297 e. The second-order valence-electron chi connectivity index (χ2n) is 0.469. The lowest BCUT2D eigenvalue weighted by Crippen LogP contribution is -1.85. The molecule has 1 atom stereocenters. The van der Waals surface area contributed by atoms with Gasteiger partial charge in [0.1, 0.15) is 0 Å². The molecule has 0 spiro atoms. The normalized spacial score (nSPS) is 14.0. The van der Waals surface area contributed by atoms with Crippen LogP contribution >= 0.6 is 0 Å². The van der Waals surface area contributed by atoms with E-state index in [1.54, 1.807) is 0 Å². The summed E-state index contributed by atoms with van der Waals surface area (Å²) in [4.78, 5) is 9.01. The van der Waals surface area contributed by atoms with Crippen molar-refractivity contribution in [3.8, 4) is 0 Å². The van der Waals surface area contributed by atoms with Gasteiger partial charge in [0.25, 0.3) is 0 Å². The molecular weight excluding hydrogens is 124 g/mol. The maximum absolute atomic E-state index is 9.01. The molecule has 0 aromatic rings. The maximum atomic E-state index is 9.01. The molecular formula is H2N2O4S.